The van der Waals surface area contributed by atoms with Crippen LogP contribution >= 0.6 is 11.8 Å². The van der Waals surface area contributed by atoms with Crippen LogP contribution < -0.4 is 5.73 Å². The van der Waals surface area contributed by atoms with Crippen molar-refractivity contribution in [2.24, 2.45) is 5.73 Å². The maximum atomic E-state index is 5.47. The fourth-order valence-electron chi connectivity index (χ4n) is 1.70. The molecule has 0 saturated heterocycles. The number of benzene rings is 2. The minimum atomic E-state index is 0.757. The van der Waals surface area contributed by atoms with E-state index in [1.807, 2.05) is 17.8 Å². The largest absolute Gasteiger partial charge is 0.330 e. The molecule has 2 aromatic carbocycles. The summed E-state index contributed by atoms with van der Waals surface area (Å²) >= 11 is 1.88. The maximum Gasteiger partial charge on any atom is 0.0185 e. The predicted octanol–water partition coefficient (Wildman–Crippen LogP) is 3.55. The van der Waals surface area contributed by atoms with Crippen molar-refractivity contribution in [1.82, 2.24) is 0 Å². The molecule has 0 aliphatic carbocycles. The lowest BCUT2D eigenvalue weighted by Crippen LogP contribution is -2.01. The summed E-state index contributed by atoms with van der Waals surface area (Å²) in [6, 6.07) is 19.2. The highest BCUT2D eigenvalue weighted by molar-refractivity contribution is 7.98. The molecule has 2 heteroatoms. The molecular formula is C15H17NS. The van der Waals surface area contributed by atoms with Crippen LogP contribution in [0.1, 0.15) is 5.56 Å². The third-order valence-corrected chi connectivity index (χ3v) is 3.65. The molecular weight excluding hydrogens is 226 g/mol. The highest BCUT2D eigenvalue weighted by Crippen LogP contribution is 2.20. The molecule has 2 rings (SSSR count). The van der Waals surface area contributed by atoms with Gasteiger partial charge < -0.3 is 5.73 Å². The Balaban J connectivity index is 2.03. The fourth-order valence-corrected chi connectivity index (χ4v) is 2.44. The van der Waals surface area contributed by atoms with E-state index in [-0.39, 0.29) is 0 Å². The van der Waals surface area contributed by atoms with Crippen molar-refractivity contribution in [3.63, 3.8) is 0 Å². The van der Waals surface area contributed by atoms with Crippen molar-refractivity contribution in [3.05, 3.63) is 60.2 Å². The van der Waals surface area contributed by atoms with Crippen LogP contribution in [0.15, 0.2) is 54.6 Å². The Bertz CT molecular complexity index is 436. The second kappa shape index (κ2) is 6.48. The number of hydrogen-bond donors (Lipinski definition) is 1. The second-order valence-corrected chi connectivity index (χ2v) is 5.01. The van der Waals surface area contributed by atoms with Crippen molar-refractivity contribution in [2.45, 2.75) is 5.75 Å². The molecule has 0 unspecified atom stereocenters. The van der Waals surface area contributed by atoms with Gasteiger partial charge in [-0.15, -0.1) is 0 Å². The minimum Gasteiger partial charge on any atom is -0.330 e. The van der Waals surface area contributed by atoms with Gasteiger partial charge in [-0.3, -0.25) is 0 Å². The van der Waals surface area contributed by atoms with E-state index in [1.165, 1.54) is 16.7 Å². The Morgan fingerprint density at radius 3 is 2.12 bits per heavy atom. The molecule has 0 fully saturated rings. The van der Waals surface area contributed by atoms with Crippen LogP contribution in [0, 0.1) is 0 Å². The van der Waals surface area contributed by atoms with Crippen molar-refractivity contribution in [3.8, 4) is 11.1 Å². The van der Waals surface area contributed by atoms with Gasteiger partial charge in [0.15, 0.2) is 0 Å². The number of nitrogens with two attached hydrogens (primary N) is 1. The monoisotopic (exact) mass is 243 g/mol. The predicted molar refractivity (Wildman–Crippen MR) is 77.1 cm³/mol. The van der Waals surface area contributed by atoms with Crippen LogP contribution in [0.25, 0.3) is 11.1 Å². The summed E-state index contributed by atoms with van der Waals surface area (Å²) < 4.78 is 0. The van der Waals surface area contributed by atoms with Crippen molar-refractivity contribution >= 4 is 11.8 Å². The minimum absolute atomic E-state index is 0.757. The Kier molecular flexibility index (Phi) is 4.65. The summed E-state index contributed by atoms with van der Waals surface area (Å²) in [5.41, 5.74) is 9.38. The first-order chi connectivity index (χ1) is 8.40. The fraction of sp³-hybridized carbons (Fsp3) is 0.200. The van der Waals surface area contributed by atoms with Crippen LogP contribution in [0.2, 0.25) is 0 Å². The molecule has 0 amide bonds. The zero-order chi connectivity index (χ0) is 11.9. The molecule has 0 aromatic heterocycles. The van der Waals surface area contributed by atoms with E-state index in [4.69, 9.17) is 5.73 Å². The van der Waals surface area contributed by atoms with Gasteiger partial charge in [0.05, 0.1) is 0 Å². The number of hydrogen-bond acceptors (Lipinski definition) is 2. The van der Waals surface area contributed by atoms with E-state index in [1.54, 1.807) is 0 Å². The first-order valence-electron chi connectivity index (χ1n) is 5.82. The van der Waals surface area contributed by atoms with E-state index in [0.717, 1.165) is 18.1 Å². The molecule has 0 aliphatic heterocycles. The normalized spacial score (nSPS) is 10.4. The van der Waals surface area contributed by atoms with E-state index in [9.17, 15) is 0 Å². The van der Waals surface area contributed by atoms with Crippen molar-refractivity contribution < 1.29 is 0 Å². The lowest BCUT2D eigenvalue weighted by atomic mass is 10.0. The van der Waals surface area contributed by atoms with Crippen LogP contribution in [-0.4, -0.2) is 12.3 Å². The first-order valence-corrected chi connectivity index (χ1v) is 6.98. The SMILES string of the molecule is NCCSCc1ccc(-c2ccccc2)cc1. The molecule has 1 nitrogen and oxygen atoms in total. The summed E-state index contributed by atoms with van der Waals surface area (Å²) in [5, 5.41) is 0. The van der Waals surface area contributed by atoms with Crippen LogP contribution in [0.5, 0.6) is 0 Å². The smallest absolute Gasteiger partial charge is 0.0185 e. The summed E-state index contributed by atoms with van der Waals surface area (Å²) in [5.74, 6) is 2.08. The Hall–Kier alpha value is -1.25. The zero-order valence-corrected chi connectivity index (χ0v) is 10.6. The number of thioether (sulfide) groups is 1. The van der Waals surface area contributed by atoms with Crippen LogP contribution in [0.4, 0.5) is 0 Å². The third-order valence-electron chi connectivity index (χ3n) is 2.59. The zero-order valence-electron chi connectivity index (χ0n) is 9.80. The van der Waals surface area contributed by atoms with Crippen molar-refractivity contribution in [1.29, 1.82) is 0 Å². The average molecular weight is 243 g/mol. The summed E-state index contributed by atoms with van der Waals surface area (Å²) in [7, 11) is 0. The highest BCUT2D eigenvalue weighted by Gasteiger charge is 1.97. The molecule has 0 saturated carbocycles. The third kappa shape index (κ3) is 3.62. The van der Waals surface area contributed by atoms with Gasteiger partial charge in [-0.1, -0.05) is 54.6 Å². The Morgan fingerprint density at radius 2 is 1.47 bits per heavy atom. The van der Waals surface area contributed by atoms with Gasteiger partial charge in [0.2, 0.25) is 0 Å². The first kappa shape index (κ1) is 12.2. The molecule has 0 atom stereocenters. The Morgan fingerprint density at radius 1 is 0.824 bits per heavy atom. The van der Waals surface area contributed by atoms with Gasteiger partial charge in [-0.2, -0.15) is 11.8 Å². The molecule has 2 N–H and O–H groups in total. The highest BCUT2D eigenvalue weighted by atomic mass is 32.2. The van der Waals surface area contributed by atoms with E-state index >= 15 is 0 Å². The van der Waals surface area contributed by atoms with Gasteiger partial charge in [-0.25, -0.2) is 0 Å². The molecule has 0 spiro atoms. The lowest BCUT2D eigenvalue weighted by molar-refractivity contribution is 1.15. The van der Waals surface area contributed by atoms with Gasteiger partial charge in [0, 0.05) is 18.1 Å². The van der Waals surface area contributed by atoms with Crippen LogP contribution in [-0.2, 0) is 5.75 Å². The molecule has 0 bridgehead atoms. The van der Waals surface area contributed by atoms with Gasteiger partial charge in [-0.05, 0) is 16.7 Å². The molecule has 88 valence electrons. The topological polar surface area (TPSA) is 26.0 Å². The standard InChI is InChI=1S/C15H17NS/c16-10-11-17-12-13-6-8-15(9-7-13)14-4-2-1-3-5-14/h1-9H,10-12,16H2. The van der Waals surface area contributed by atoms with Gasteiger partial charge in [0.1, 0.15) is 0 Å². The average Bonchev–Trinajstić information content (AvgIpc) is 2.41. The van der Waals surface area contributed by atoms with E-state index in [0.29, 0.717) is 0 Å². The maximum absolute atomic E-state index is 5.47. The van der Waals surface area contributed by atoms with E-state index in [2.05, 4.69) is 48.5 Å². The molecule has 17 heavy (non-hydrogen) atoms. The van der Waals surface area contributed by atoms with E-state index < -0.39 is 0 Å². The van der Waals surface area contributed by atoms with Gasteiger partial charge in [0.25, 0.3) is 0 Å². The van der Waals surface area contributed by atoms with Crippen LogP contribution in [0.3, 0.4) is 0 Å². The van der Waals surface area contributed by atoms with Crippen molar-refractivity contribution in [2.75, 3.05) is 12.3 Å². The molecule has 0 heterocycles. The lowest BCUT2D eigenvalue weighted by Gasteiger charge is -2.04. The number of rotatable bonds is 5. The molecule has 2 aromatic rings. The Labute approximate surface area is 107 Å². The summed E-state index contributed by atoms with van der Waals surface area (Å²) in [6.07, 6.45) is 0. The molecule has 0 aliphatic rings. The molecule has 0 radical (unpaired) electrons. The second-order valence-electron chi connectivity index (χ2n) is 3.90. The quantitative estimate of drug-likeness (QED) is 0.813. The summed E-state index contributed by atoms with van der Waals surface area (Å²) in [4.78, 5) is 0. The summed E-state index contributed by atoms with van der Waals surface area (Å²) in [6.45, 7) is 0.757. The van der Waals surface area contributed by atoms with Gasteiger partial charge >= 0.3 is 0 Å².